The lowest BCUT2D eigenvalue weighted by Gasteiger charge is -2.47. The van der Waals surface area contributed by atoms with Crippen molar-refractivity contribution >= 4 is 0 Å². The zero-order valence-electron chi connectivity index (χ0n) is 21.7. The van der Waals surface area contributed by atoms with E-state index in [1.165, 1.54) is 74.5 Å². The Labute approximate surface area is 208 Å². The Morgan fingerprint density at radius 3 is 2.65 bits per heavy atom. The molecule has 1 unspecified atom stereocenters. The largest absolute Gasteiger partial charge is 0.375 e. The van der Waals surface area contributed by atoms with Crippen LogP contribution >= 0.6 is 0 Å². The monoisotopic (exact) mass is 465 g/mol. The van der Waals surface area contributed by atoms with Gasteiger partial charge in [0.15, 0.2) is 0 Å². The van der Waals surface area contributed by atoms with E-state index in [1.54, 1.807) is 12.1 Å². The maximum Gasteiger partial charge on any atom is 0.123 e. The zero-order valence-corrected chi connectivity index (χ0v) is 21.7. The van der Waals surface area contributed by atoms with Crippen LogP contribution in [0.2, 0.25) is 0 Å². The van der Waals surface area contributed by atoms with Crippen LogP contribution in [0.3, 0.4) is 0 Å². The van der Waals surface area contributed by atoms with E-state index in [1.807, 2.05) is 12.1 Å². The van der Waals surface area contributed by atoms with Gasteiger partial charge in [0.05, 0.1) is 5.60 Å². The summed E-state index contributed by atoms with van der Waals surface area (Å²) in [7, 11) is 0. The van der Waals surface area contributed by atoms with Crippen LogP contribution < -0.4 is 0 Å². The molecule has 2 heteroatoms. The molecule has 0 radical (unpaired) electrons. The Kier molecular flexibility index (Phi) is 10.5. The SMILES string of the molecule is C=C/C(=C\C(=CCCC)[CH-]C)CCCCCCC1(c2cccc(F)c2)CCOC2(CCCC2)C1. The maximum absolute atomic E-state index is 14.2. The van der Waals surface area contributed by atoms with Crippen molar-refractivity contribution in [1.29, 1.82) is 0 Å². The molecular weight excluding hydrogens is 419 g/mol. The van der Waals surface area contributed by atoms with Gasteiger partial charge in [0.25, 0.3) is 0 Å². The second-order valence-electron chi connectivity index (χ2n) is 10.6. The summed E-state index contributed by atoms with van der Waals surface area (Å²) in [5, 5.41) is 0. The molecule has 1 spiro atoms. The third kappa shape index (κ3) is 7.35. The second-order valence-corrected chi connectivity index (χ2v) is 10.6. The van der Waals surface area contributed by atoms with E-state index in [2.05, 4.69) is 45.1 Å². The molecule has 1 saturated carbocycles. The lowest BCUT2D eigenvalue weighted by atomic mass is 9.65. The van der Waals surface area contributed by atoms with Crippen LogP contribution in [0, 0.1) is 12.2 Å². The Balaban J connectivity index is 1.55. The van der Waals surface area contributed by atoms with Crippen LogP contribution in [0.5, 0.6) is 0 Å². The number of rotatable bonds is 13. The van der Waals surface area contributed by atoms with Crippen LogP contribution in [0.15, 0.2) is 60.2 Å². The highest BCUT2D eigenvalue weighted by molar-refractivity contribution is 5.33. The fourth-order valence-electron chi connectivity index (χ4n) is 6.15. The van der Waals surface area contributed by atoms with Crippen molar-refractivity contribution in [3.63, 3.8) is 0 Å². The van der Waals surface area contributed by atoms with Gasteiger partial charge in [-0.2, -0.15) is 24.1 Å². The fraction of sp³-hybridized carbons (Fsp3) is 0.594. The standard InChI is InChI=1S/C32H46FO/c1-4-7-15-27(5-2)24-28(6-3)16-10-8-9-11-19-31(29-17-14-18-30(33)25-29)22-23-34-32(26-31)20-12-13-21-32/h5-6,14-15,17-18,24-25H,3-4,7-13,16,19-23,26H2,1-2H3/q-1/b27-15?,28-24+. The normalized spacial score (nSPS) is 22.8. The van der Waals surface area contributed by atoms with E-state index in [9.17, 15) is 4.39 Å². The van der Waals surface area contributed by atoms with Crippen LogP contribution in [0.1, 0.15) is 109 Å². The number of ether oxygens (including phenoxy) is 1. The highest BCUT2D eigenvalue weighted by Gasteiger charge is 2.47. The number of unbranched alkanes of at least 4 members (excludes halogenated alkanes) is 4. The van der Waals surface area contributed by atoms with Crippen molar-refractivity contribution in [3.05, 3.63) is 78.0 Å². The van der Waals surface area contributed by atoms with Gasteiger partial charge in [-0.1, -0.05) is 90.0 Å². The van der Waals surface area contributed by atoms with Crippen LogP contribution in [-0.4, -0.2) is 12.2 Å². The predicted octanol–water partition coefficient (Wildman–Crippen LogP) is 9.59. The van der Waals surface area contributed by atoms with E-state index < -0.39 is 0 Å². The van der Waals surface area contributed by atoms with Gasteiger partial charge in [-0.25, -0.2) is 4.39 Å². The number of benzene rings is 1. The summed E-state index contributed by atoms with van der Waals surface area (Å²) >= 11 is 0. The van der Waals surface area contributed by atoms with Gasteiger partial charge in [-0.15, -0.1) is 5.57 Å². The number of hydrogen-bond acceptors (Lipinski definition) is 1. The van der Waals surface area contributed by atoms with Crippen molar-refractivity contribution in [2.45, 2.75) is 115 Å². The van der Waals surface area contributed by atoms with Crippen molar-refractivity contribution in [2.75, 3.05) is 6.61 Å². The first kappa shape index (κ1) is 26.8. The molecule has 2 aliphatic rings. The Morgan fingerprint density at radius 1 is 1.15 bits per heavy atom. The minimum Gasteiger partial charge on any atom is -0.375 e. The molecule has 1 aromatic rings. The molecule has 1 nitrogen and oxygen atoms in total. The Morgan fingerprint density at radius 2 is 1.94 bits per heavy atom. The first-order valence-corrected chi connectivity index (χ1v) is 13.8. The van der Waals surface area contributed by atoms with E-state index in [0.717, 1.165) is 38.7 Å². The molecule has 1 aliphatic carbocycles. The molecule has 34 heavy (non-hydrogen) atoms. The molecule has 1 aromatic carbocycles. The number of hydrogen-bond donors (Lipinski definition) is 0. The number of allylic oxidation sites excluding steroid dienone is 5. The third-order valence-electron chi connectivity index (χ3n) is 8.09. The van der Waals surface area contributed by atoms with E-state index in [4.69, 9.17) is 4.74 Å². The predicted molar refractivity (Wildman–Crippen MR) is 143 cm³/mol. The molecule has 1 aliphatic heterocycles. The molecule has 0 aromatic heterocycles. The summed E-state index contributed by atoms with van der Waals surface area (Å²) < 4.78 is 20.6. The molecule has 1 heterocycles. The molecule has 1 atom stereocenters. The van der Waals surface area contributed by atoms with Gasteiger partial charge in [-0.05, 0) is 56.2 Å². The van der Waals surface area contributed by atoms with Gasteiger partial charge < -0.3 is 4.74 Å². The molecule has 0 bridgehead atoms. The van der Waals surface area contributed by atoms with Gasteiger partial charge in [-0.3, -0.25) is 0 Å². The highest BCUT2D eigenvalue weighted by atomic mass is 19.1. The summed E-state index contributed by atoms with van der Waals surface area (Å²) in [6, 6.07) is 7.42. The smallest absolute Gasteiger partial charge is 0.123 e. The average Bonchev–Trinajstić information content (AvgIpc) is 3.29. The minimum absolute atomic E-state index is 0.0352. The van der Waals surface area contributed by atoms with Gasteiger partial charge in [0.1, 0.15) is 5.82 Å². The van der Waals surface area contributed by atoms with Gasteiger partial charge in [0.2, 0.25) is 0 Å². The molecule has 1 saturated heterocycles. The van der Waals surface area contributed by atoms with Crippen molar-refractivity contribution in [1.82, 2.24) is 0 Å². The average molecular weight is 466 g/mol. The summed E-state index contributed by atoms with van der Waals surface area (Å²) in [6.45, 7) is 9.18. The minimum atomic E-state index is -0.107. The summed E-state index contributed by atoms with van der Waals surface area (Å²) in [5.74, 6) is -0.107. The van der Waals surface area contributed by atoms with Crippen LogP contribution in [0.4, 0.5) is 4.39 Å². The fourth-order valence-corrected chi connectivity index (χ4v) is 6.15. The Hall–Kier alpha value is -1.80. The van der Waals surface area contributed by atoms with Gasteiger partial charge in [0, 0.05) is 12.0 Å². The van der Waals surface area contributed by atoms with Crippen LogP contribution in [-0.2, 0) is 10.2 Å². The summed E-state index contributed by atoms with van der Waals surface area (Å²) in [5.41, 5.74) is 3.94. The van der Waals surface area contributed by atoms with Crippen molar-refractivity contribution in [2.24, 2.45) is 0 Å². The summed E-state index contributed by atoms with van der Waals surface area (Å²) in [6.07, 6.45) is 25.2. The maximum atomic E-state index is 14.2. The Bertz CT molecular complexity index is 829. The summed E-state index contributed by atoms with van der Waals surface area (Å²) in [4.78, 5) is 0. The molecule has 0 N–H and O–H groups in total. The highest BCUT2D eigenvalue weighted by Crippen LogP contribution is 2.50. The van der Waals surface area contributed by atoms with E-state index in [-0.39, 0.29) is 16.8 Å². The lowest BCUT2D eigenvalue weighted by molar-refractivity contribution is -0.104. The van der Waals surface area contributed by atoms with Crippen molar-refractivity contribution in [3.8, 4) is 0 Å². The van der Waals surface area contributed by atoms with E-state index in [0.29, 0.717) is 0 Å². The third-order valence-corrected chi connectivity index (χ3v) is 8.09. The second kappa shape index (κ2) is 13.3. The topological polar surface area (TPSA) is 9.23 Å². The molecule has 188 valence electrons. The molecular formula is C32H46FO-. The van der Waals surface area contributed by atoms with Gasteiger partial charge >= 0.3 is 0 Å². The quantitative estimate of drug-likeness (QED) is 0.160. The van der Waals surface area contributed by atoms with Crippen LogP contribution in [0.25, 0.3) is 0 Å². The molecule has 0 amide bonds. The van der Waals surface area contributed by atoms with E-state index >= 15 is 0 Å². The number of halogens is 1. The van der Waals surface area contributed by atoms with Crippen molar-refractivity contribution < 1.29 is 9.13 Å². The first-order valence-electron chi connectivity index (χ1n) is 13.8. The first-order chi connectivity index (χ1) is 16.5. The lowest BCUT2D eigenvalue weighted by Crippen LogP contribution is -2.46. The zero-order chi connectivity index (χ0) is 24.3. The molecule has 3 rings (SSSR count). The molecule has 2 fully saturated rings.